The Kier molecular flexibility index (Phi) is 11.5. The number of halogens is 5. The zero-order chi connectivity index (χ0) is 40.4. The molecule has 5 aromatic carbocycles. The fraction of sp³-hybridized carbons (Fsp3) is 0.238. The van der Waals surface area contributed by atoms with Gasteiger partial charge in [-0.15, -0.1) is 0 Å². The number of carbonyl (C=O) groups is 2. The fourth-order valence-electron chi connectivity index (χ4n) is 6.21. The summed E-state index contributed by atoms with van der Waals surface area (Å²) in [5.74, 6) is -14.3. The van der Waals surface area contributed by atoms with Crippen LogP contribution in [0.25, 0.3) is 0 Å². The predicted octanol–water partition coefficient (Wildman–Crippen LogP) is 8.58. The third-order valence-electron chi connectivity index (χ3n) is 9.46. The maximum atomic E-state index is 15.1. The summed E-state index contributed by atoms with van der Waals surface area (Å²) >= 11 is 0. The lowest BCUT2D eigenvalue weighted by atomic mass is 9.86. The summed E-state index contributed by atoms with van der Waals surface area (Å²) in [5.41, 5.74) is 0.398. The highest BCUT2D eigenvalue weighted by molar-refractivity contribution is 7.89. The topological polar surface area (TPSA) is 93.2 Å². The third-order valence-corrected chi connectivity index (χ3v) is 11.4. The van der Waals surface area contributed by atoms with Crippen molar-refractivity contribution in [3.8, 4) is 0 Å². The SMILES string of the molecule is CC(C)(C)c1ccc(CN(C(=O)[C@]2(OCc3ccccc3)CCN2S(=O)(=O)c2c(F)c(F)c(F)c(F)c2F)c2ccc(C(=O)OCc3ccccc3)cc2)cc1. The predicted molar refractivity (Wildman–Crippen MR) is 197 cm³/mol. The normalized spacial score (nSPS) is 15.9. The molecule has 6 rings (SSSR count). The van der Waals surface area contributed by atoms with E-state index in [2.05, 4.69) is 0 Å². The Morgan fingerprint density at radius 2 is 1.21 bits per heavy atom. The Morgan fingerprint density at radius 1 is 0.696 bits per heavy atom. The van der Waals surface area contributed by atoms with Gasteiger partial charge in [0, 0.05) is 18.7 Å². The van der Waals surface area contributed by atoms with Crippen LogP contribution in [-0.2, 0) is 49.5 Å². The monoisotopic (exact) mass is 792 g/mol. The van der Waals surface area contributed by atoms with E-state index in [0.29, 0.717) is 15.4 Å². The Bertz CT molecular complexity index is 2310. The van der Waals surface area contributed by atoms with Gasteiger partial charge in [0.2, 0.25) is 11.5 Å². The molecule has 0 radical (unpaired) electrons. The molecule has 1 heterocycles. The summed E-state index contributed by atoms with van der Waals surface area (Å²) in [6.07, 6.45) is -0.351. The number of hydrogen-bond acceptors (Lipinski definition) is 6. The second-order valence-corrected chi connectivity index (χ2v) is 16.0. The van der Waals surface area contributed by atoms with E-state index in [1.807, 2.05) is 39.0 Å². The molecule has 0 unspecified atom stereocenters. The van der Waals surface area contributed by atoms with Crippen LogP contribution in [0.15, 0.2) is 114 Å². The number of sulfonamides is 1. The summed E-state index contributed by atoms with van der Waals surface area (Å²) in [4.78, 5) is 27.0. The largest absolute Gasteiger partial charge is 0.457 e. The smallest absolute Gasteiger partial charge is 0.338 e. The van der Waals surface area contributed by atoms with Gasteiger partial charge in [-0.3, -0.25) is 4.79 Å². The molecule has 1 atom stereocenters. The lowest BCUT2D eigenvalue weighted by Crippen LogP contribution is -2.70. The molecule has 5 aromatic rings. The molecule has 1 amide bonds. The Balaban J connectivity index is 1.42. The van der Waals surface area contributed by atoms with Crippen molar-refractivity contribution < 1.29 is 49.4 Å². The lowest BCUT2D eigenvalue weighted by molar-refractivity contribution is -0.194. The number of esters is 1. The van der Waals surface area contributed by atoms with Gasteiger partial charge in [-0.1, -0.05) is 106 Å². The van der Waals surface area contributed by atoms with Gasteiger partial charge in [-0.05, 0) is 51.9 Å². The molecule has 0 bridgehead atoms. The van der Waals surface area contributed by atoms with Gasteiger partial charge in [-0.25, -0.2) is 35.2 Å². The summed E-state index contributed by atoms with van der Waals surface area (Å²) in [6, 6.07) is 30.3. The van der Waals surface area contributed by atoms with E-state index < -0.39 is 68.2 Å². The average Bonchev–Trinajstić information content (AvgIpc) is 3.17. The summed E-state index contributed by atoms with van der Waals surface area (Å²) in [7, 11) is -5.64. The number of ether oxygens (including phenoxy) is 2. The number of amides is 1. The van der Waals surface area contributed by atoms with E-state index in [1.165, 1.54) is 29.2 Å². The van der Waals surface area contributed by atoms with E-state index in [0.717, 1.165) is 11.1 Å². The van der Waals surface area contributed by atoms with Gasteiger partial charge >= 0.3 is 5.97 Å². The number of hydrogen-bond donors (Lipinski definition) is 0. The van der Waals surface area contributed by atoms with Crippen molar-refractivity contribution in [1.29, 1.82) is 0 Å². The van der Waals surface area contributed by atoms with Crippen LogP contribution in [0.5, 0.6) is 0 Å². The van der Waals surface area contributed by atoms with Gasteiger partial charge in [-0.2, -0.15) is 4.31 Å². The third kappa shape index (κ3) is 7.95. The van der Waals surface area contributed by atoms with E-state index in [4.69, 9.17) is 9.47 Å². The molecule has 8 nitrogen and oxygen atoms in total. The van der Waals surface area contributed by atoms with Crippen LogP contribution < -0.4 is 4.90 Å². The molecule has 0 aromatic heterocycles. The molecule has 0 aliphatic carbocycles. The Morgan fingerprint density at radius 3 is 1.71 bits per heavy atom. The molecule has 1 aliphatic heterocycles. The molecule has 0 saturated carbocycles. The first-order valence-corrected chi connectivity index (χ1v) is 18.9. The second kappa shape index (κ2) is 16.0. The van der Waals surface area contributed by atoms with E-state index in [1.54, 1.807) is 66.7 Å². The zero-order valence-corrected chi connectivity index (χ0v) is 31.4. The Hall–Kier alpha value is -5.44. The lowest BCUT2D eigenvalue weighted by Gasteiger charge is -2.50. The van der Waals surface area contributed by atoms with Crippen LogP contribution in [0.1, 0.15) is 59.8 Å². The van der Waals surface area contributed by atoms with E-state index in [-0.39, 0.29) is 42.8 Å². The number of rotatable bonds is 12. The van der Waals surface area contributed by atoms with Gasteiger partial charge in [0.1, 0.15) is 6.61 Å². The number of benzene rings is 5. The highest BCUT2D eigenvalue weighted by atomic mass is 32.2. The molecular formula is C42H37F5N2O6S. The zero-order valence-electron chi connectivity index (χ0n) is 30.6. The molecule has 0 spiro atoms. The number of anilines is 1. The molecule has 292 valence electrons. The van der Waals surface area contributed by atoms with Crippen LogP contribution in [0.2, 0.25) is 0 Å². The second-order valence-electron chi connectivity index (χ2n) is 14.2. The first-order valence-electron chi connectivity index (χ1n) is 17.5. The fourth-order valence-corrected chi connectivity index (χ4v) is 8.00. The minimum absolute atomic E-state index is 0.00518. The Labute approximate surface area is 321 Å². The van der Waals surface area contributed by atoms with Crippen molar-refractivity contribution in [1.82, 2.24) is 4.31 Å². The molecular weight excluding hydrogens is 756 g/mol. The van der Waals surface area contributed by atoms with Gasteiger partial charge < -0.3 is 14.4 Å². The molecule has 56 heavy (non-hydrogen) atoms. The summed E-state index contributed by atoms with van der Waals surface area (Å²) in [6.45, 7) is 4.94. The summed E-state index contributed by atoms with van der Waals surface area (Å²) in [5, 5.41) is 0. The van der Waals surface area contributed by atoms with Crippen molar-refractivity contribution in [2.24, 2.45) is 0 Å². The van der Waals surface area contributed by atoms with Crippen molar-refractivity contribution in [2.45, 2.75) is 63.0 Å². The minimum Gasteiger partial charge on any atom is -0.457 e. The molecule has 14 heteroatoms. The van der Waals surface area contributed by atoms with Crippen molar-refractivity contribution in [3.05, 3.63) is 166 Å². The van der Waals surface area contributed by atoms with Crippen LogP contribution in [0, 0.1) is 29.1 Å². The maximum absolute atomic E-state index is 15.1. The van der Waals surface area contributed by atoms with Gasteiger partial charge in [0.05, 0.1) is 18.7 Å². The highest BCUT2D eigenvalue weighted by Crippen LogP contribution is 2.43. The van der Waals surface area contributed by atoms with Crippen molar-refractivity contribution >= 4 is 27.6 Å². The van der Waals surface area contributed by atoms with Crippen molar-refractivity contribution in [3.63, 3.8) is 0 Å². The minimum atomic E-state index is -5.64. The van der Waals surface area contributed by atoms with Crippen LogP contribution in [0.3, 0.4) is 0 Å². The van der Waals surface area contributed by atoms with E-state index in [9.17, 15) is 26.4 Å². The standard InChI is InChI=1S/C42H37F5N2O6S/c1-41(2,3)31-18-14-27(15-19-31)24-48(32-20-16-30(17-21-32)39(50)54-25-28-10-6-4-7-11-28)40(51)42(55-26-29-12-8-5-9-13-29)22-23-49(42)56(52,53)38-36(46)34(44)33(43)35(45)37(38)47/h4-21H,22-26H2,1-3H3/t42-/m1/s1. The quantitative estimate of drug-likeness (QED) is 0.0544. The first kappa shape index (κ1) is 40.2. The van der Waals surface area contributed by atoms with Gasteiger partial charge in [0.25, 0.3) is 15.9 Å². The molecule has 1 fully saturated rings. The highest BCUT2D eigenvalue weighted by Gasteiger charge is 2.61. The van der Waals surface area contributed by atoms with E-state index >= 15 is 13.6 Å². The molecule has 0 N–H and O–H groups in total. The maximum Gasteiger partial charge on any atom is 0.338 e. The van der Waals surface area contributed by atoms with Crippen LogP contribution in [-0.4, -0.2) is 36.9 Å². The number of nitrogens with zero attached hydrogens (tertiary/aromatic N) is 2. The molecule has 1 aliphatic rings. The summed E-state index contributed by atoms with van der Waals surface area (Å²) < 4.78 is 113. The first-order chi connectivity index (χ1) is 26.5. The average molecular weight is 793 g/mol. The van der Waals surface area contributed by atoms with Gasteiger partial charge in [0.15, 0.2) is 28.2 Å². The van der Waals surface area contributed by atoms with Crippen molar-refractivity contribution in [2.75, 3.05) is 11.4 Å². The van der Waals surface area contributed by atoms with Crippen LogP contribution in [0.4, 0.5) is 27.6 Å². The molecule has 1 saturated heterocycles. The number of carbonyl (C=O) groups excluding carboxylic acids is 2. The van der Waals surface area contributed by atoms with Crippen LogP contribution >= 0.6 is 0 Å².